The molecule has 0 radical (unpaired) electrons. The molecule has 0 aliphatic carbocycles. The van der Waals surface area contributed by atoms with Crippen molar-refractivity contribution in [3.05, 3.63) is 84.2 Å². The van der Waals surface area contributed by atoms with E-state index < -0.39 is 0 Å². The second-order valence-corrected chi connectivity index (χ2v) is 6.28. The smallest absolute Gasteiger partial charge is 0.255 e. The topological polar surface area (TPSA) is 82.7 Å². The number of fused-ring (bicyclic) bond motifs is 1. The van der Waals surface area contributed by atoms with E-state index in [0.29, 0.717) is 5.56 Å². The molecule has 4 aromatic rings. The summed E-state index contributed by atoms with van der Waals surface area (Å²) < 4.78 is 0. The van der Waals surface area contributed by atoms with Crippen molar-refractivity contribution in [3.63, 3.8) is 0 Å². The number of pyridine rings is 1. The molecule has 1 unspecified atom stereocenters. The summed E-state index contributed by atoms with van der Waals surface area (Å²) in [7, 11) is 0. The van der Waals surface area contributed by atoms with E-state index in [1.807, 2.05) is 48.5 Å². The van der Waals surface area contributed by atoms with Gasteiger partial charge in [0.25, 0.3) is 5.91 Å². The van der Waals surface area contributed by atoms with E-state index in [9.17, 15) is 4.79 Å². The Balaban J connectivity index is 1.42. The Bertz CT molecular complexity index is 1020. The number of nitrogens with zero attached hydrogens (tertiary/aromatic N) is 2. The Morgan fingerprint density at radius 2 is 1.74 bits per heavy atom. The van der Waals surface area contributed by atoms with E-state index in [1.54, 1.807) is 24.5 Å². The second kappa shape index (κ2) is 7.29. The van der Waals surface area contributed by atoms with Crippen LogP contribution in [-0.4, -0.2) is 20.9 Å². The molecule has 2 heterocycles. The lowest BCUT2D eigenvalue weighted by Gasteiger charge is -2.14. The van der Waals surface area contributed by atoms with Gasteiger partial charge >= 0.3 is 0 Å². The molecular weight excluding hydrogens is 338 g/mol. The maximum atomic E-state index is 12.2. The van der Waals surface area contributed by atoms with Crippen molar-refractivity contribution in [3.8, 4) is 0 Å². The molecular formula is C21H19N5O. The molecule has 27 heavy (non-hydrogen) atoms. The number of carbonyl (C=O) groups excluding carboxylic acids is 1. The summed E-state index contributed by atoms with van der Waals surface area (Å²) in [6, 6.07) is 19.1. The van der Waals surface area contributed by atoms with Crippen molar-refractivity contribution in [2.24, 2.45) is 0 Å². The number of hydrogen-bond donors (Lipinski definition) is 3. The summed E-state index contributed by atoms with van der Waals surface area (Å²) in [5.41, 5.74) is 4.35. The fourth-order valence-electron chi connectivity index (χ4n) is 2.87. The van der Waals surface area contributed by atoms with Gasteiger partial charge in [0.2, 0.25) is 5.95 Å². The lowest BCUT2D eigenvalue weighted by Crippen LogP contribution is -2.12. The van der Waals surface area contributed by atoms with Gasteiger partial charge in [0, 0.05) is 23.6 Å². The van der Waals surface area contributed by atoms with Crippen molar-refractivity contribution < 1.29 is 4.79 Å². The minimum absolute atomic E-state index is 0.0653. The van der Waals surface area contributed by atoms with Crippen LogP contribution in [0.15, 0.2) is 73.1 Å². The minimum Gasteiger partial charge on any atom is -0.349 e. The van der Waals surface area contributed by atoms with Crippen LogP contribution in [0, 0.1) is 0 Å². The molecule has 0 spiro atoms. The fourth-order valence-corrected chi connectivity index (χ4v) is 2.87. The van der Waals surface area contributed by atoms with Gasteiger partial charge in [-0.25, -0.2) is 4.98 Å². The van der Waals surface area contributed by atoms with Gasteiger partial charge in [-0.2, -0.15) is 0 Å². The fraction of sp³-hybridized carbons (Fsp3) is 0.0952. The van der Waals surface area contributed by atoms with Crippen LogP contribution in [0.5, 0.6) is 0 Å². The number of anilines is 2. The van der Waals surface area contributed by atoms with Gasteiger partial charge in [-0.15, -0.1) is 0 Å². The number of hydrogen-bond acceptors (Lipinski definition) is 4. The Labute approximate surface area is 156 Å². The summed E-state index contributed by atoms with van der Waals surface area (Å²) >= 11 is 0. The third-order valence-electron chi connectivity index (χ3n) is 4.35. The highest BCUT2D eigenvalue weighted by molar-refractivity contribution is 6.04. The monoisotopic (exact) mass is 357 g/mol. The third-order valence-corrected chi connectivity index (χ3v) is 4.35. The van der Waals surface area contributed by atoms with Crippen molar-refractivity contribution in [2.45, 2.75) is 13.0 Å². The first-order valence-corrected chi connectivity index (χ1v) is 8.72. The number of aromatic amines is 1. The van der Waals surface area contributed by atoms with E-state index in [1.165, 1.54) is 0 Å². The lowest BCUT2D eigenvalue weighted by atomic mass is 10.1. The highest BCUT2D eigenvalue weighted by Crippen LogP contribution is 2.21. The first-order chi connectivity index (χ1) is 13.2. The average molecular weight is 357 g/mol. The lowest BCUT2D eigenvalue weighted by molar-refractivity contribution is 0.102. The van der Waals surface area contributed by atoms with E-state index in [4.69, 9.17) is 0 Å². The normalized spacial score (nSPS) is 11.9. The summed E-state index contributed by atoms with van der Waals surface area (Å²) in [5, 5.41) is 6.26. The van der Waals surface area contributed by atoms with Gasteiger partial charge < -0.3 is 15.6 Å². The molecule has 1 amide bonds. The molecule has 2 aromatic heterocycles. The molecule has 6 heteroatoms. The van der Waals surface area contributed by atoms with Crippen molar-refractivity contribution in [1.82, 2.24) is 15.0 Å². The van der Waals surface area contributed by atoms with Gasteiger partial charge in [0.15, 0.2) is 0 Å². The van der Waals surface area contributed by atoms with Crippen LogP contribution in [0.25, 0.3) is 11.0 Å². The van der Waals surface area contributed by atoms with Crippen LogP contribution in [0.4, 0.5) is 11.6 Å². The molecule has 1 atom stereocenters. The minimum atomic E-state index is -0.154. The van der Waals surface area contributed by atoms with Gasteiger partial charge in [-0.1, -0.05) is 24.3 Å². The zero-order chi connectivity index (χ0) is 18.6. The Kier molecular flexibility index (Phi) is 4.53. The predicted molar refractivity (Wildman–Crippen MR) is 107 cm³/mol. The quantitative estimate of drug-likeness (QED) is 0.495. The summed E-state index contributed by atoms with van der Waals surface area (Å²) in [5.74, 6) is 0.581. The zero-order valence-corrected chi connectivity index (χ0v) is 14.8. The van der Waals surface area contributed by atoms with Crippen LogP contribution < -0.4 is 10.6 Å². The molecule has 0 saturated heterocycles. The van der Waals surface area contributed by atoms with E-state index in [-0.39, 0.29) is 11.9 Å². The molecule has 3 N–H and O–H groups in total. The molecule has 134 valence electrons. The van der Waals surface area contributed by atoms with E-state index >= 15 is 0 Å². The van der Waals surface area contributed by atoms with Gasteiger partial charge in [-0.05, 0) is 48.9 Å². The average Bonchev–Trinajstić information content (AvgIpc) is 3.11. The molecule has 0 saturated carbocycles. The standard InChI is InChI=1S/C21H19N5O/c1-14(23-21-25-18-4-2-3-5-19(18)26-21)15-6-8-17(9-7-15)24-20(27)16-10-12-22-13-11-16/h2-14H,1H3,(H,24,27)(H2,23,25,26). The first kappa shape index (κ1) is 16.8. The number of benzene rings is 2. The van der Waals surface area contributed by atoms with Crippen molar-refractivity contribution in [1.29, 1.82) is 0 Å². The maximum Gasteiger partial charge on any atom is 0.255 e. The highest BCUT2D eigenvalue weighted by Gasteiger charge is 2.10. The van der Waals surface area contributed by atoms with Crippen molar-refractivity contribution in [2.75, 3.05) is 10.6 Å². The Morgan fingerprint density at radius 1 is 1.00 bits per heavy atom. The third kappa shape index (κ3) is 3.79. The zero-order valence-electron chi connectivity index (χ0n) is 14.8. The summed E-state index contributed by atoms with van der Waals surface area (Å²) in [4.78, 5) is 23.9. The van der Waals surface area contributed by atoms with Crippen molar-refractivity contribution >= 4 is 28.6 Å². The Morgan fingerprint density at radius 3 is 2.48 bits per heavy atom. The molecule has 4 rings (SSSR count). The van der Waals surface area contributed by atoms with E-state index in [0.717, 1.165) is 28.2 Å². The number of amides is 1. The highest BCUT2D eigenvalue weighted by atomic mass is 16.1. The Hall–Kier alpha value is -3.67. The molecule has 0 aliphatic rings. The van der Waals surface area contributed by atoms with Crippen LogP contribution >= 0.6 is 0 Å². The molecule has 0 aliphatic heterocycles. The maximum absolute atomic E-state index is 12.2. The number of aromatic nitrogens is 3. The van der Waals surface area contributed by atoms with Crippen LogP contribution in [0.3, 0.4) is 0 Å². The van der Waals surface area contributed by atoms with Gasteiger partial charge in [-0.3, -0.25) is 9.78 Å². The number of imidazole rings is 1. The molecule has 0 fully saturated rings. The molecule has 6 nitrogen and oxygen atoms in total. The molecule has 2 aromatic carbocycles. The summed E-state index contributed by atoms with van der Waals surface area (Å²) in [6.45, 7) is 2.07. The van der Waals surface area contributed by atoms with Gasteiger partial charge in [0.1, 0.15) is 0 Å². The second-order valence-electron chi connectivity index (χ2n) is 6.28. The number of rotatable bonds is 5. The summed E-state index contributed by atoms with van der Waals surface area (Å²) in [6.07, 6.45) is 3.20. The van der Waals surface area contributed by atoms with Gasteiger partial charge in [0.05, 0.1) is 17.1 Å². The number of H-pyrrole nitrogens is 1. The first-order valence-electron chi connectivity index (χ1n) is 8.72. The van der Waals surface area contributed by atoms with Crippen LogP contribution in [0.2, 0.25) is 0 Å². The van der Waals surface area contributed by atoms with E-state index in [2.05, 4.69) is 32.5 Å². The largest absolute Gasteiger partial charge is 0.349 e. The number of para-hydroxylation sites is 2. The molecule has 0 bridgehead atoms. The number of nitrogens with one attached hydrogen (secondary N) is 3. The van der Waals surface area contributed by atoms with Crippen LogP contribution in [-0.2, 0) is 0 Å². The number of carbonyl (C=O) groups is 1. The predicted octanol–water partition coefficient (Wildman–Crippen LogP) is 4.38. The SMILES string of the molecule is CC(Nc1nc2ccccc2[nH]1)c1ccc(NC(=O)c2ccncc2)cc1. The van der Waals surface area contributed by atoms with Crippen LogP contribution in [0.1, 0.15) is 28.9 Å².